The summed E-state index contributed by atoms with van der Waals surface area (Å²) in [4.78, 5) is 0. The molecule has 4 aromatic carbocycles. The van der Waals surface area contributed by atoms with Gasteiger partial charge in [-0.2, -0.15) is 0 Å². The third-order valence-corrected chi connectivity index (χ3v) is 11.4. The molecule has 0 aromatic heterocycles. The Labute approximate surface area is 275 Å². The fourth-order valence-electron chi connectivity index (χ4n) is 7.56. The average Bonchev–Trinajstić information content (AvgIpc) is 3.51. The highest BCUT2D eigenvalue weighted by molar-refractivity contribution is 6.67. The van der Waals surface area contributed by atoms with E-state index >= 15 is 0 Å². The SMILES string of the molecule is CC1=Cc2c(C(C)C)cc(C(C)C)cc2C1c1ccc([Si]c2ccc(C3C(C)=Cc4c(C(C)C)cc(C(C)C)cc43)cc2)cc1. The van der Waals surface area contributed by atoms with Crippen molar-refractivity contribution in [2.45, 2.75) is 105 Å². The van der Waals surface area contributed by atoms with E-state index in [-0.39, 0.29) is 0 Å². The summed E-state index contributed by atoms with van der Waals surface area (Å²) >= 11 is 0. The van der Waals surface area contributed by atoms with E-state index in [1.165, 1.54) is 77.2 Å². The summed E-state index contributed by atoms with van der Waals surface area (Å²) < 4.78 is 0. The normalized spacial score (nSPS) is 17.4. The number of benzene rings is 4. The van der Waals surface area contributed by atoms with Crippen molar-refractivity contribution < 1.29 is 0 Å². The zero-order valence-electron chi connectivity index (χ0n) is 29.0. The van der Waals surface area contributed by atoms with Crippen LogP contribution in [0.4, 0.5) is 0 Å². The van der Waals surface area contributed by atoms with E-state index in [0.717, 1.165) is 0 Å². The first kappa shape index (κ1) is 31.6. The second-order valence-corrected chi connectivity index (χ2v) is 16.3. The highest BCUT2D eigenvalue weighted by atomic mass is 28.2. The smallest absolute Gasteiger partial charge is 0.0628 e. The van der Waals surface area contributed by atoms with Gasteiger partial charge < -0.3 is 0 Å². The number of rotatable bonds is 8. The number of hydrogen-bond donors (Lipinski definition) is 0. The highest BCUT2D eigenvalue weighted by Crippen LogP contribution is 2.46. The van der Waals surface area contributed by atoms with Crippen LogP contribution >= 0.6 is 0 Å². The van der Waals surface area contributed by atoms with Gasteiger partial charge in [0.1, 0.15) is 9.52 Å². The lowest BCUT2D eigenvalue weighted by Gasteiger charge is -2.21. The van der Waals surface area contributed by atoms with Crippen LogP contribution in [0.3, 0.4) is 0 Å². The predicted octanol–water partition coefficient (Wildman–Crippen LogP) is 10.9. The van der Waals surface area contributed by atoms with E-state index in [2.05, 4.69) is 154 Å². The Kier molecular flexibility index (Phi) is 8.70. The predicted molar refractivity (Wildman–Crippen MR) is 198 cm³/mol. The summed E-state index contributed by atoms with van der Waals surface area (Å²) in [6, 6.07) is 28.8. The lowest BCUT2D eigenvalue weighted by atomic mass is 9.84. The van der Waals surface area contributed by atoms with Crippen LogP contribution in [0.2, 0.25) is 0 Å². The van der Waals surface area contributed by atoms with Crippen molar-refractivity contribution in [1.82, 2.24) is 0 Å². The number of hydrogen-bond acceptors (Lipinski definition) is 0. The molecule has 0 nitrogen and oxygen atoms in total. The molecule has 0 spiro atoms. The molecule has 0 fully saturated rings. The van der Waals surface area contributed by atoms with Crippen LogP contribution in [-0.2, 0) is 0 Å². The van der Waals surface area contributed by atoms with Crippen LogP contribution in [0.5, 0.6) is 0 Å². The Morgan fingerprint density at radius 2 is 0.822 bits per heavy atom. The molecule has 2 aliphatic rings. The largest absolute Gasteiger partial charge is 0.121 e. The van der Waals surface area contributed by atoms with Gasteiger partial charge in [-0.1, -0.05) is 162 Å². The van der Waals surface area contributed by atoms with Crippen LogP contribution in [0.1, 0.15) is 160 Å². The summed E-state index contributed by atoms with van der Waals surface area (Å²) in [5.41, 5.74) is 17.5. The Hall–Kier alpha value is -3.42. The first-order valence-electron chi connectivity index (χ1n) is 17.1. The van der Waals surface area contributed by atoms with Gasteiger partial charge in [0.2, 0.25) is 0 Å². The van der Waals surface area contributed by atoms with Crippen molar-refractivity contribution in [3.05, 3.63) is 140 Å². The standard InChI is InChI=1S/C44H50Si/c1-25(2)33-21-37(27(5)6)39-19-29(9)43(41(39)23-33)31-11-15-35(16-12-31)45-36-17-13-32(14-18-36)44-30(10)20-40-38(28(7)8)22-34(26(3)4)24-42(40)44/h11-28,43-44H,1-10H3. The van der Waals surface area contributed by atoms with Gasteiger partial charge in [-0.25, -0.2) is 0 Å². The molecular formula is C44H50Si. The minimum Gasteiger partial charge on any atom is -0.0628 e. The van der Waals surface area contributed by atoms with Crippen molar-refractivity contribution in [3.63, 3.8) is 0 Å². The zero-order valence-corrected chi connectivity index (χ0v) is 30.0. The maximum Gasteiger partial charge on any atom is 0.121 e. The lowest BCUT2D eigenvalue weighted by Crippen LogP contribution is -2.27. The van der Waals surface area contributed by atoms with Crippen molar-refractivity contribution in [3.8, 4) is 0 Å². The Balaban J connectivity index is 1.23. The highest BCUT2D eigenvalue weighted by Gasteiger charge is 2.29. The van der Waals surface area contributed by atoms with Gasteiger partial charge >= 0.3 is 0 Å². The maximum atomic E-state index is 2.48. The fraction of sp³-hybridized carbons (Fsp3) is 0.364. The molecule has 2 radical (unpaired) electrons. The van der Waals surface area contributed by atoms with Gasteiger partial charge in [0.15, 0.2) is 0 Å². The van der Waals surface area contributed by atoms with Crippen LogP contribution in [0.25, 0.3) is 12.2 Å². The average molecular weight is 607 g/mol. The Bertz CT molecular complexity index is 1640. The molecule has 0 N–H and O–H groups in total. The van der Waals surface area contributed by atoms with Crippen molar-refractivity contribution in [1.29, 1.82) is 0 Å². The van der Waals surface area contributed by atoms with Crippen LogP contribution in [0, 0.1) is 0 Å². The van der Waals surface area contributed by atoms with E-state index in [4.69, 9.17) is 0 Å². The van der Waals surface area contributed by atoms with Crippen molar-refractivity contribution in [2.24, 2.45) is 0 Å². The van der Waals surface area contributed by atoms with Gasteiger partial charge in [0.25, 0.3) is 0 Å². The number of allylic oxidation sites excluding steroid dienone is 2. The Morgan fingerprint density at radius 1 is 0.467 bits per heavy atom. The molecule has 0 saturated carbocycles. The van der Waals surface area contributed by atoms with Crippen molar-refractivity contribution >= 4 is 32.0 Å². The molecule has 0 saturated heterocycles. The second-order valence-electron chi connectivity index (χ2n) is 14.9. The molecule has 2 unspecified atom stereocenters. The van der Waals surface area contributed by atoms with Crippen LogP contribution in [0.15, 0.2) is 83.9 Å². The monoisotopic (exact) mass is 606 g/mol. The third kappa shape index (κ3) is 5.97. The quantitative estimate of drug-likeness (QED) is 0.175. The molecular weight excluding hydrogens is 557 g/mol. The summed E-state index contributed by atoms with van der Waals surface area (Å²) in [6.45, 7) is 23.2. The molecule has 0 bridgehead atoms. The van der Waals surface area contributed by atoms with Crippen LogP contribution in [-0.4, -0.2) is 9.52 Å². The Morgan fingerprint density at radius 3 is 1.13 bits per heavy atom. The third-order valence-electron chi connectivity index (χ3n) is 10.2. The molecule has 2 atom stereocenters. The lowest BCUT2D eigenvalue weighted by molar-refractivity contribution is 0.823. The topological polar surface area (TPSA) is 0 Å². The first-order chi connectivity index (χ1) is 21.4. The van der Waals surface area contributed by atoms with E-state index in [1.807, 2.05) is 0 Å². The van der Waals surface area contributed by atoms with E-state index in [1.54, 1.807) is 0 Å². The van der Waals surface area contributed by atoms with Gasteiger partial charge in [0.05, 0.1) is 0 Å². The maximum absolute atomic E-state index is 2.48. The molecule has 0 heterocycles. The van der Waals surface area contributed by atoms with E-state index in [0.29, 0.717) is 45.0 Å². The minimum absolute atomic E-state index is 0.353. The minimum atomic E-state index is 0.353. The van der Waals surface area contributed by atoms with Crippen LogP contribution < -0.4 is 10.4 Å². The fourth-order valence-corrected chi connectivity index (χ4v) is 8.56. The van der Waals surface area contributed by atoms with Gasteiger partial charge in [-0.3, -0.25) is 0 Å². The summed E-state index contributed by atoms with van der Waals surface area (Å²) in [5, 5.41) is 2.80. The second kappa shape index (κ2) is 12.4. The molecule has 2 aliphatic carbocycles. The molecule has 0 amide bonds. The van der Waals surface area contributed by atoms with E-state index in [9.17, 15) is 0 Å². The van der Waals surface area contributed by atoms with Gasteiger partial charge in [-0.15, -0.1) is 0 Å². The van der Waals surface area contributed by atoms with E-state index < -0.39 is 0 Å². The summed E-state index contributed by atoms with van der Waals surface area (Å²) in [7, 11) is 0.654. The van der Waals surface area contributed by atoms with Gasteiger partial charge in [-0.05, 0) is 93.2 Å². The molecule has 6 rings (SSSR count). The first-order valence-corrected chi connectivity index (χ1v) is 18.1. The molecule has 1 heteroatoms. The molecule has 4 aromatic rings. The molecule has 0 aliphatic heterocycles. The molecule has 45 heavy (non-hydrogen) atoms. The van der Waals surface area contributed by atoms with Crippen molar-refractivity contribution in [2.75, 3.05) is 0 Å². The summed E-state index contributed by atoms with van der Waals surface area (Å²) in [6.07, 6.45) is 4.90. The molecule has 230 valence electrons. The summed E-state index contributed by atoms with van der Waals surface area (Å²) in [5.74, 6) is 2.81. The zero-order chi connectivity index (χ0) is 32.2. The number of fused-ring (bicyclic) bond motifs is 2. The van der Waals surface area contributed by atoms with Gasteiger partial charge in [0, 0.05) is 11.8 Å².